The molecule has 0 heterocycles. The van der Waals surface area contributed by atoms with Gasteiger partial charge in [-0.3, -0.25) is 4.79 Å². The zero-order valence-corrected chi connectivity index (χ0v) is 14.4. The molecule has 2 N–H and O–H groups in total. The molecule has 0 atom stereocenters. The van der Waals surface area contributed by atoms with E-state index in [0.717, 1.165) is 11.1 Å². The van der Waals surface area contributed by atoms with Crippen LogP contribution in [-0.2, 0) is 16.6 Å². The minimum atomic E-state index is -0.147. The number of rotatable bonds is 4. The Bertz CT molecular complexity index is 691. The Balaban J connectivity index is 2.10. The molecule has 23 heavy (non-hydrogen) atoms. The van der Waals surface area contributed by atoms with E-state index in [1.807, 2.05) is 30.3 Å². The van der Waals surface area contributed by atoms with Crippen LogP contribution in [0.1, 0.15) is 38.3 Å². The molecular weight excluding hydrogens is 310 g/mol. The Hall–Kier alpha value is -2.00. The summed E-state index contributed by atoms with van der Waals surface area (Å²) in [5, 5.41) is 13.1. The van der Waals surface area contributed by atoms with E-state index >= 15 is 0 Å². The van der Waals surface area contributed by atoms with Gasteiger partial charge in [-0.2, -0.15) is 0 Å². The van der Waals surface area contributed by atoms with E-state index in [4.69, 9.17) is 11.6 Å². The van der Waals surface area contributed by atoms with Crippen molar-refractivity contribution in [1.29, 1.82) is 0 Å². The molecule has 0 aromatic heterocycles. The molecule has 122 valence electrons. The molecular formula is C19H22ClNO2. The fourth-order valence-corrected chi connectivity index (χ4v) is 2.46. The number of hydrogen-bond donors (Lipinski definition) is 2. The maximum absolute atomic E-state index is 12.1. The Labute approximate surface area is 142 Å². The topological polar surface area (TPSA) is 49.3 Å². The number of nitrogens with one attached hydrogen (secondary N) is 1. The van der Waals surface area contributed by atoms with Crippen LogP contribution in [0.15, 0.2) is 42.5 Å². The van der Waals surface area contributed by atoms with Crippen LogP contribution in [0.3, 0.4) is 0 Å². The highest BCUT2D eigenvalue weighted by Crippen LogP contribution is 2.37. The standard InChI is InChI=1S/C19H22ClNO2/c1-19(2,3)14-11-15(20)18(23)16(12-14)21-17(22)10-9-13-7-5-4-6-8-13/h4-8,11-12,23H,9-10H2,1-3H3,(H,21,22). The number of aromatic hydroxyl groups is 1. The number of hydrogen-bond acceptors (Lipinski definition) is 2. The minimum absolute atomic E-state index is 0.0901. The number of benzene rings is 2. The van der Waals surface area contributed by atoms with Crippen LogP contribution in [0.4, 0.5) is 5.69 Å². The molecule has 3 nitrogen and oxygen atoms in total. The lowest BCUT2D eigenvalue weighted by atomic mass is 9.86. The van der Waals surface area contributed by atoms with Crippen LogP contribution in [0.25, 0.3) is 0 Å². The largest absolute Gasteiger partial charge is 0.504 e. The quantitative estimate of drug-likeness (QED) is 0.782. The fraction of sp³-hybridized carbons (Fsp3) is 0.316. The monoisotopic (exact) mass is 331 g/mol. The number of phenolic OH excluding ortho intramolecular Hbond substituents is 1. The maximum Gasteiger partial charge on any atom is 0.224 e. The molecule has 0 fully saturated rings. The van der Waals surface area contributed by atoms with Gasteiger partial charge < -0.3 is 10.4 Å². The first-order valence-corrected chi connectivity index (χ1v) is 8.02. The van der Waals surface area contributed by atoms with E-state index in [1.165, 1.54) is 0 Å². The normalized spacial score (nSPS) is 11.3. The predicted molar refractivity (Wildman–Crippen MR) is 95.2 cm³/mol. The second-order valence-corrected chi connectivity index (χ2v) is 7.05. The van der Waals surface area contributed by atoms with Gasteiger partial charge in [-0.1, -0.05) is 62.7 Å². The molecule has 2 aromatic carbocycles. The van der Waals surface area contributed by atoms with Crippen molar-refractivity contribution in [3.63, 3.8) is 0 Å². The molecule has 0 radical (unpaired) electrons. The smallest absolute Gasteiger partial charge is 0.224 e. The van der Waals surface area contributed by atoms with Crippen molar-refractivity contribution in [2.75, 3.05) is 5.32 Å². The Morgan fingerprint density at radius 1 is 1.17 bits per heavy atom. The second-order valence-electron chi connectivity index (χ2n) is 6.64. The van der Waals surface area contributed by atoms with Gasteiger partial charge in [-0.25, -0.2) is 0 Å². The third-order valence-corrected chi connectivity index (χ3v) is 3.98. The van der Waals surface area contributed by atoms with Crippen molar-refractivity contribution in [3.8, 4) is 5.75 Å². The molecule has 0 aliphatic heterocycles. The van der Waals surface area contributed by atoms with Gasteiger partial charge in [0.25, 0.3) is 0 Å². The summed E-state index contributed by atoms with van der Waals surface area (Å²) in [5.41, 5.74) is 2.30. The SMILES string of the molecule is CC(C)(C)c1cc(Cl)c(O)c(NC(=O)CCc2ccccc2)c1. The highest BCUT2D eigenvalue weighted by atomic mass is 35.5. The molecule has 0 unspecified atom stereocenters. The Morgan fingerprint density at radius 3 is 2.43 bits per heavy atom. The van der Waals surface area contributed by atoms with E-state index < -0.39 is 0 Å². The number of phenols is 1. The van der Waals surface area contributed by atoms with Crippen molar-refractivity contribution < 1.29 is 9.90 Å². The summed E-state index contributed by atoms with van der Waals surface area (Å²) >= 11 is 6.08. The molecule has 2 rings (SSSR count). The number of halogens is 1. The van der Waals surface area contributed by atoms with Crippen LogP contribution in [0.5, 0.6) is 5.75 Å². The zero-order valence-electron chi connectivity index (χ0n) is 13.7. The van der Waals surface area contributed by atoms with Gasteiger partial charge in [0, 0.05) is 6.42 Å². The number of carbonyl (C=O) groups is 1. The Morgan fingerprint density at radius 2 is 1.83 bits per heavy atom. The summed E-state index contributed by atoms with van der Waals surface area (Å²) in [4.78, 5) is 12.1. The van der Waals surface area contributed by atoms with Crippen molar-refractivity contribution in [1.82, 2.24) is 0 Å². The lowest BCUT2D eigenvalue weighted by molar-refractivity contribution is -0.116. The number of amides is 1. The van der Waals surface area contributed by atoms with Gasteiger partial charge in [0.05, 0.1) is 10.7 Å². The van der Waals surface area contributed by atoms with E-state index in [0.29, 0.717) is 18.5 Å². The third kappa shape index (κ3) is 4.73. The summed E-state index contributed by atoms with van der Waals surface area (Å²) < 4.78 is 0. The van der Waals surface area contributed by atoms with Gasteiger partial charge in [-0.05, 0) is 35.1 Å². The lowest BCUT2D eigenvalue weighted by Gasteiger charge is -2.21. The van der Waals surface area contributed by atoms with Crippen LogP contribution in [-0.4, -0.2) is 11.0 Å². The summed E-state index contributed by atoms with van der Waals surface area (Å²) in [6, 6.07) is 13.3. The molecule has 0 spiro atoms. The second kappa shape index (κ2) is 7.05. The summed E-state index contributed by atoms with van der Waals surface area (Å²) in [6.45, 7) is 6.16. The first-order valence-electron chi connectivity index (χ1n) is 7.64. The predicted octanol–water partition coefficient (Wildman–Crippen LogP) is 4.91. The van der Waals surface area contributed by atoms with Gasteiger partial charge >= 0.3 is 0 Å². The highest BCUT2D eigenvalue weighted by molar-refractivity contribution is 6.32. The Kier molecular flexibility index (Phi) is 5.32. The van der Waals surface area contributed by atoms with E-state index in [9.17, 15) is 9.90 Å². The summed E-state index contributed by atoms with van der Waals surface area (Å²) in [6.07, 6.45) is 1.00. The van der Waals surface area contributed by atoms with E-state index in [2.05, 4.69) is 26.1 Å². The molecule has 0 aliphatic carbocycles. The zero-order chi connectivity index (χ0) is 17.0. The minimum Gasteiger partial charge on any atom is -0.504 e. The maximum atomic E-state index is 12.1. The third-order valence-electron chi connectivity index (χ3n) is 3.69. The van der Waals surface area contributed by atoms with Crippen molar-refractivity contribution in [2.45, 2.75) is 39.0 Å². The number of aryl methyl sites for hydroxylation is 1. The molecule has 1 amide bonds. The van der Waals surface area contributed by atoms with Crippen molar-refractivity contribution in [3.05, 3.63) is 58.6 Å². The van der Waals surface area contributed by atoms with Crippen molar-refractivity contribution in [2.24, 2.45) is 0 Å². The van der Waals surface area contributed by atoms with Crippen LogP contribution in [0.2, 0.25) is 5.02 Å². The average molecular weight is 332 g/mol. The molecule has 0 saturated carbocycles. The van der Waals surface area contributed by atoms with Gasteiger partial charge in [0.2, 0.25) is 5.91 Å². The first-order chi connectivity index (χ1) is 10.8. The summed E-state index contributed by atoms with van der Waals surface area (Å²) in [5.74, 6) is -0.237. The van der Waals surface area contributed by atoms with Gasteiger partial charge in [0.15, 0.2) is 5.75 Å². The number of carbonyl (C=O) groups excluding carboxylic acids is 1. The van der Waals surface area contributed by atoms with Gasteiger partial charge in [0.1, 0.15) is 0 Å². The average Bonchev–Trinajstić information content (AvgIpc) is 2.49. The molecule has 0 saturated heterocycles. The first kappa shape index (κ1) is 17.4. The van der Waals surface area contributed by atoms with Gasteiger partial charge in [-0.15, -0.1) is 0 Å². The number of anilines is 1. The van der Waals surface area contributed by atoms with Crippen molar-refractivity contribution >= 4 is 23.2 Å². The van der Waals surface area contributed by atoms with Crippen LogP contribution >= 0.6 is 11.6 Å². The van der Waals surface area contributed by atoms with Crippen LogP contribution in [0, 0.1) is 0 Å². The van der Waals surface area contributed by atoms with E-state index in [-0.39, 0.29) is 22.1 Å². The van der Waals surface area contributed by atoms with Crippen LogP contribution < -0.4 is 5.32 Å². The molecule has 4 heteroatoms. The molecule has 0 bridgehead atoms. The summed E-state index contributed by atoms with van der Waals surface area (Å²) in [7, 11) is 0. The lowest BCUT2D eigenvalue weighted by Crippen LogP contribution is -2.15. The molecule has 2 aromatic rings. The van der Waals surface area contributed by atoms with E-state index in [1.54, 1.807) is 12.1 Å². The molecule has 0 aliphatic rings. The highest BCUT2D eigenvalue weighted by Gasteiger charge is 2.19. The fourth-order valence-electron chi connectivity index (χ4n) is 2.24.